The fraction of sp³-hybridized carbons (Fsp3) is 0.417. The van der Waals surface area contributed by atoms with E-state index in [4.69, 9.17) is 11.5 Å². The van der Waals surface area contributed by atoms with Gasteiger partial charge in [0.1, 0.15) is 0 Å². The third-order valence-electron chi connectivity index (χ3n) is 2.46. The third kappa shape index (κ3) is 3.32. The number of hydrogen-bond acceptors (Lipinski definition) is 4. The van der Waals surface area contributed by atoms with Gasteiger partial charge in [-0.3, -0.25) is 0 Å². The molecular weight excluding hydrogens is 204 g/mol. The van der Waals surface area contributed by atoms with E-state index in [0.29, 0.717) is 12.1 Å². The lowest BCUT2D eigenvalue weighted by molar-refractivity contribution is 0.0600. The van der Waals surface area contributed by atoms with Crippen LogP contribution in [0.1, 0.15) is 34.8 Å². The van der Waals surface area contributed by atoms with Gasteiger partial charge in [0.25, 0.3) is 0 Å². The van der Waals surface area contributed by atoms with E-state index >= 15 is 0 Å². The Labute approximate surface area is 95.6 Å². The van der Waals surface area contributed by atoms with Crippen LogP contribution in [-0.4, -0.2) is 19.6 Å². The Morgan fingerprint density at radius 3 is 2.88 bits per heavy atom. The first-order chi connectivity index (χ1) is 7.69. The van der Waals surface area contributed by atoms with Gasteiger partial charge < -0.3 is 16.2 Å². The molecule has 0 amide bonds. The van der Waals surface area contributed by atoms with E-state index in [2.05, 4.69) is 4.74 Å². The highest BCUT2D eigenvalue weighted by Crippen LogP contribution is 2.17. The van der Waals surface area contributed by atoms with E-state index in [1.165, 1.54) is 7.11 Å². The maximum Gasteiger partial charge on any atom is 0.337 e. The molecule has 1 aromatic rings. The van der Waals surface area contributed by atoms with Crippen molar-refractivity contribution < 1.29 is 9.53 Å². The van der Waals surface area contributed by atoms with Gasteiger partial charge in [-0.2, -0.15) is 0 Å². The van der Waals surface area contributed by atoms with Crippen molar-refractivity contribution in [2.24, 2.45) is 11.5 Å². The van der Waals surface area contributed by atoms with Gasteiger partial charge in [0.15, 0.2) is 0 Å². The molecule has 1 aromatic carbocycles. The van der Waals surface area contributed by atoms with Crippen molar-refractivity contribution in [3.8, 4) is 0 Å². The first-order valence-electron chi connectivity index (χ1n) is 5.33. The van der Waals surface area contributed by atoms with Gasteiger partial charge in [-0.15, -0.1) is 0 Å². The van der Waals surface area contributed by atoms with Gasteiger partial charge in [-0.1, -0.05) is 12.1 Å². The number of carbonyl (C=O) groups is 1. The van der Waals surface area contributed by atoms with Crippen LogP contribution in [-0.2, 0) is 4.74 Å². The minimum atomic E-state index is -0.340. The molecule has 0 saturated carbocycles. The van der Waals surface area contributed by atoms with Crippen LogP contribution in [0.15, 0.2) is 24.3 Å². The molecule has 4 heteroatoms. The number of carbonyl (C=O) groups excluding carboxylic acids is 1. The number of rotatable bonds is 5. The smallest absolute Gasteiger partial charge is 0.337 e. The summed E-state index contributed by atoms with van der Waals surface area (Å²) in [6.45, 7) is 0.629. The number of ether oxygens (including phenoxy) is 1. The van der Waals surface area contributed by atoms with Crippen LogP contribution in [0.5, 0.6) is 0 Å². The first-order valence-corrected chi connectivity index (χ1v) is 5.33. The van der Waals surface area contributed by atoms with Crippen LogP contribution in [0, 0.1) is 0 Å². The quantitative estimate of drug-likeness (QED) is 0.734. The van der Waals surface area contributed by atoms with E-state index in [1.807, 2.05) is 12.1 Å². The summed E-state index contributed by atoms with van der Waals surface area (Å²) in [7, 11) is 1.36. The van der Waals surface area contributed by atoms with Gasteiger partial charge in [0.05, 0.1) is 12.7 Å². The van der Waals surface area contributed by atoms with Gasteiger partial charge in [0, 0.05) is 6.04 Å². The molecule has 1 rings (SSSR count). The minimum Gasteiger partial charge on any atom is -0.465 e. The van der Waals surface area contributed by atoms with Crippen LogP contribution in [0.4, 0.5) is 0 Å². The predicted molar refractivity (Wildman–Crippen MR) is 63.0 cm³/mol. The molecule has 0 spiro atoms. The fourth-order valence-corrected chi connectivity index (χ4v) is 1.52. The summed E-state index contributed by atoms with van der Waals surface area (Å²) in [6.07, 6.45) is 1.70. The molecule has 0 radical (unpaired) electrons. The Morgan fingerprint density at radius 1 is 1.50 bits per heavy atom. The molecule has 0 unspecified atom stereocenters. The highest BCUT2D eigenvalue weighted by molar-refractivity contribution is 5.89. The fourth-order valence-electron chi connectivity index (χ4n) is 1.52. The van der Waals surface area contributed by atoms with Crippen molar-refractivity contribution >= 4 is 5.97 Å². The summed E-state index contributed by atoms with van der Waals surface area (Å²) in [5.41, 5.74) is 12.9. The Balaban J connectivity index is 2.77. The number of benzene rings is 1. The topological polar surface area (TPSA) is 78.3 Å². The molecule has 0 saturated heterocycles. The lowest BCUT2D eigenvalue weighted by atomic mass is 10.0. The SMILES string of the molecule is COC(=O)c1cccc([C@H](N)CCCN)c1. The lowest BCUT2D eigenvalue weighted by Crippen LogP contribution is -2.13. The first kappa shape index (κ1) is 12.7. The normalized spacial score (nSPS) is 12.2. The molecule has 0 aliphatic carbocycles. The zero-order valence-corrected chi connectivity index (χ0v) is 9.48. The van der Waals surface area contributed by atoms with Crippen molar-refractivity contribution in [2.45, 2.75) is 18.9 Å². The third-order valence-corrected chi connectivity index (χ3v) is 2.46. The number of methoxy groups -OCH3 is 1. The summed E-state index contributed by atoms with van der Waals surface area (Å²) in [5.74, 6) is -0.340. The lowest BCUT2D eigenvalue weighted by Gasteiger charge is -2.12. The molecule has 1 atom stereocenters. The molecule has 16 heavy (non-hydrogen) atoms. The summed E-state index contributed by atoms with van der Waals surface area (Å²) >= 11 is 0. The van der Waals surface area contributed by atoms with Crippen molar-refractivity contribution in [2.75, 3.05) is 13.7 Å². The van der Waals surface area contributed by atoms with E-state index in [9.17, 15) is 4.79 Å². The second kappa shape index (κ2) is 6.25. The molecule has 0 aliphatic heterocycles. The number of hydrogen-bond donors (Lipinski definition) is 2. The van der Waals surface area contributed by atoms with Gasteiger partial charge in [-0.25, -0.2) is 4.79 Å². The van der Waals surface area contributed by atoms with Crippen molar-refractivity contribution in [3.05, 3.63) is 35.4 Å². The van der Waals surface area contributed by atoms with Gasteiger partial charge in [0.2, 0.25) is 0 Å². The Morgan fingerprint density at radius 2 is 2.25 bits per heavy atom. The average molecular weight is 222 g/mol. The van der Waals surface area contributed by atoms with Crippen molar-refractivity contribution in [1.82, 2.24) is 0 Å². The molecule has 0 aliphatic rings. The van der Waals surface area contributed by atoms with Crippen LogP contribution in [0.2, 0.25) is 0 Å². The molecule has 0 bridgehead atoms. The highest BCUT2D eigenvalue weighted by atomic mass is 16.5. The van der Waals surface area contributed by atoms with Crippen LogP contribution < -0.4 is 11.5 Å². The Bertz CT molecular complexity index is 353. The van der Waals surface area contributed by atoms with Crippen LogP contribution >= 0.6 is 0 Å². The number of esters is 1. The van der Waals surface area contributed by atoms with Crippen LogP contribution in [0.3, 0.4) is 0 Å². The standard InChI is InChI=1S/C12H18N2O2/c1-16-12(15)10-5-2-4-9(8-10)11(14)6-3-7-13/h2,4-5,8,11H,3,6-7,13-14H2,1H3/t11-/m1/s1. The summed E-state index contributed by atoms with van der Waals surface area (Å²) < 4.78 is 4.65. The highest BCUT2D eigenvalue weighted by Gasteiger charge is 2.09. The monoisotopic (exact) mass is 222 g/mol. The summed E-state index contributed by atoms with van der Waals surface area (Å²) in [4.78, 5) is 11.3. The summed E-state index contributed by atoms with van der Waals surface area (Å²) in [5, 5.41) is 0. The molecular formula is C12H18N2O2. The number of nitrogens with two attached hydrogens (primary N) is 2. The van der Waals surface area contributed by atoms with E-state index < -0.39 is 0 Å². The molecule has 4 nitrogen and oxygen atoms in total. The maximum absolute atomic E-state index is 11.3. The molecule has 0 fully saturated rings. The molecule has 88 valence electrons. The summed E-state index contributed by atoms with van der Waals surface area (Å²) in [6, 6.07) is 7.13. The second-order valence-corrected chi connectivity index (χ2v) is 3.65. The zero-order valence-electron chi connectivity index (χ0n) is 9.48. The van der Waals surface area contributed by atoms with E-state index in [1.54, 1.807) is 12.1 Å². The second-order valence-electron chi connectivity index (χ2n) is 3.65. The zero-order chi connectivity index (χ0) is 12.0. The largest absolute Gasteiger partial charge is 0.465 e. The molecule has 0 aromatic heterocycles. The van der Waals surface area contributed by atoms with Gasteiger partial charge in [-0.05, 0) is 37.1 Å². The van der Waals surface area contributed by atoms with Crippen molar-refractivity contribution in [3.63, 3.8) is 0 Å². The Kier molecular flexibility index (Phi) is 4.95. The molecule has 4 N–H and O–H groups in total. The Hall–Kier alpha value is -1.39. The van der Waals surface area contributed by atoms with E-state index in [-0.39, 0.29) is 12.0 Å². The van der Waals surface area contributed by atoms with Crippen LogP contribution in [0.25, 0.3) is 0 Å². The van der Waals surface area contributed by atoms with Gasteiger partial charge >= 0.3 is 5.97 Å². The van der Waals surface area contributed by atoms with Crippen molar-refractivity contribution in [1.29, 1.82) is 0 Å². The minimum absolute atomic E-state index is 0.0758. The maximum atomic E-state index is 11.3. The van der Waals surface area contributed by atoms with E-state index in [0.717, 1.165) is 18.4 Å². The predicted octanol–water partition coefficient (Wildman–Crippen LogP) is 1.21. The average Bonchev–Trinajstić information content (AvgIpc) is 2.35. The molecule has 0 heterocycles.